The van der Waals surface area contributed by atoms with Gasteiger partial charge in [0.25, 0.3) is 0 Å². The Morgan fingerprint density at radius 1 is 1.21 bits per heavy atom. The Labute approximate surface area is 161 Å². The molecule has 1 aliphatic rings. The van der Waals surface area contributed by atoms with E-state index in [0.717, 1.165) is 36.0 Å². The van der Waals surface area contributed by atoms with Crippen LogP contribution in [-0.4, -0.2) is 29.5 Å². The Morgan fingerprint density at radius 3 is 2.79 bits per heavy atom. The molecule has 0 radical (unpaired) electrons. The summed E-state index contributed by atoms with van der Waals surface area (Å²) in [6, 6.07) is 6.44. The number of anilines is 1. The van der Waals surface area contributed by atoms with Crippen LogP contribution in [0.2, 0.25) is 0 Å². The van der Waals surface area contributed by atoms with E-state index < -0.39 is 0 Å². The summed E-state index contributed by atoms with van der Waals surface area (Å²) in [6.07, 6.45) is 8.51. The highest BCUT2D eigenvalue weighted by Gasteiger charge is 2.31. The van der Waals surface area contributed by atoms with Gasteiger partial charge in [0.2, 0.25) is 0 Å². The molecule has 1 atom stereocenters. The summed E-state index contributed by atoms with van der Waals surface area (Å²) in [5.41, 5.74) is 9.31. The van der Waals surface area contributed by atoms with Crippen LogP contribution in [0, 0.1) is 5.82 Å². The van der Waals surface area contributed by atoms with E-state index in [1.807, 2.05) is 0 Å². The SMILES string of the molecule is CCC(c1cn(-c2ccccc2F)nn1)n1cc(C2CC2)c2c(N)ncnc21. The lowest BCUT2D eigenvalue weighted by Gasteiger charge is -2.15. The normalized spacial score (nSPS) is 15.2. The second-order valence-corrected chi connectivity index (χ2v) is 7.19. The number of halogens is 1. The monoisotopic (exact) mass is 377 g/mol. The molecule has 0 bridgehead atoms. The molecular weight excluding hydrogens is 357 g/mol. The van der Waals surface area contributed by atoms with Gasteiger partial charge < -0.3 is 10.3 Å². The third-order valence-electron chi connectivity index (χ3n) is 5.36. The number of hydrogen-bond acceptors (Lipinski definition) is 5. The molecule has 0 amide bonds. The minimum absolute atomic E-state index is 0.0789. The molecular formula is C20H20FN7. The molecule has 1 saturated carbocycles. The van der Waals surface area contributed by atoms with Gasteiger partial charge in [-0.1, -0.05) is 24.3 Å². The molecule has 1 aliphatic carbocycles. The second kappa shape index (κ2) is 6.40. The van der Waals surface area contributed by atoms with Crippen LogP contribution >= 0.6 is 0 Å². The molecule has 0 spiro atoms. The number of para-hydroxylation sites is 1. The summed E-state index contributed by atoms with van der Waals surface area (Å²) in [6.45, 7) is 2.08. The molecule has 3 aromatic heterocycles. The largest absolute Gasteiger partial charge is 0.383 e. The molecule has 3 heterocycles. The van der Waals surface area contributed by atoms with Gasteiger partial charge in [-0.25, -0.2) is 19.0 Å². The fourth-order valence-corrected chi connectivity index (χ4v) is 3.81. The predicted octanol–water partition coefficient (Wildman–Crippen LogP) is 3.61. The van der Waals surface area contributed by atoms with Crippen LogP contribution in [0.1, 0.15) is 49.4 Å². The minimum atomic E-state index is -0.338. The molecule has 0 aliphatic heterocycles. The molecule has 28 heavy (non-hydrogen) atoms. The van der Waals surface area contributed by atoms with Crippen LogP contribution in [0.5, 0.6) is 0 Å². The third kappa shape index (κ3) is 2.64. The summed E-state index contributed by atoms with van der Waals surface area (Å²) in [5.74, 6) is 0.689. The van der Waals surface area contributed by atoms with Crippen molar-refractivity contribution >= 4 is 16.9 Å². The molecule has 5 rings (SSSR count). The first kappa shape index (κ1) is 16.9. The fraction of sp³-hybridized carbons (Fsp3) is 0.300. The van der Waals surface area contributed by atoms with E-state index in [9.17, 15) is 4.39 Å². The maximum absolute atomic E-state index is 14.1. The van der Waals surface area contributed by atoms with Crippen molar-refractivity contribution in [3.8, 4) is 5.69 Å². The van der Waals surface area contributed by atoms with E-state index in [4.69, 9.17) is 5.73 Å². The van der Waals surface area contributed by atoms with Gasteiger partial charge >= 0.3 is 0 Å². The lowest BCUT2D eigenvalue weighted by molar-refractivity contribution is 0.563. The molecule has 1 fully saturated rings. The van der Waals surface area contributed by atoms with Crippen molar-refractivity contribution in [1.82, 2.24) is 29.5 Å². The summed E-state index contributed by atoms with van der Waals surface area (Å²) < 4.78 is 17.7. The van der Waals surface area contributed by atoms with Gasteiger partial charge in [0.15, 0.2) is 0 Å². The lowest BCUT2D eigenvalue weighted by Crippen LogP contribution is -2.10. The predicted molar refractivity (Wildman–Crippen MR) is 104 cm³/mol. The van der Waals surface area contributed by atoms with Crippen LogP contribution in [-0.2, 0) is 0 Å². The Kier molecular flexibility index (Phi) is 3.85. The molecule has 1 unspecified atom stereocenters. The third-order valence-corrected chi connectivity index (χ3v) is 5.36. The highest BCUT2D eigenvalue weighted by Crippen LogP contribution is 2.45. The zero-order valence-corrected chi connectivity index (χ0v) is 15.5. The van der Waals surface area contributed by atoms with Crippen LogP contribution in [0.4, 0.5) is 10.2 Å². The molecule has 8 heteroatoms. The molecule has 142 valence electrons. The quantitative estimate of drug-likeness (QED) is 0.574. The van der Waals surface area contributed by atoms with Crippen molar-refractivity contribution in [2.24, 2.45) is 0 Å². The number of nitrogens with two attached hydrogens (primary N) is 1. The van der Waals surface area contributed by atoms with Crippen molar-refractivity contribution in [3.63, 3.8) is 0 Å². The van der Waals surface area contributed by atoms with Gasteiger partial charge in [-0.3, -0.25) is 0 Å². The van der Waals surface area contributed by atoms with Crippen LogP contribution in [0.3, 0.4) is 0 Å². The number of nitrogen functional groups attached to an aromatic ring is 1. The van der Waals surface area contributed by atoms with Crippen molar-refractivity contribution < 1.29 is 4.39 Å². The average molecular weight is 377 g/mol. The van der Waals surface area contributed by atoms with E-state index in [-0.39, 0.29) is 11.9 Å². The van der Waals surface area contributed by atoms with Crippen LogP contribution in [0.25, 0.3) is 16.7 Å². The summed E-state index contributed by atoms with van der Waals surface area (Å²) >= 11 is 0. The van der Waals surface area contributed by atoms with Crippen molar-refractivity contribution in [1.29, 1.82) is 0 Å². The van der Waals surface area contributed by atoms with E-state index in [2.05, 4.69) is 38.0 Å². The maximum Gasteiger partial charge on any atom is 0.148 e. The van der Waals surface area contributed by atoms with Gasteiger partial charge in [0.1, 0.15) is 35.0 Å². The van der Waals surface area contributed by atoms with E-state index >= 15 is 0 Å². The zero-order chi connectivity index (χ0) is 19.3. The van der Waals surface area contributed by atoms with Crippen molar-refractivity contribution in [3.05, 3.63) is 60.1 Å². The topological polar surface area (TPSA) is 87.4 Å². The summed E-state index contributed by atoms with van der Waals surface area (Å²) in [4.78, 5) is 8.69. The molecule has 0 saturated heterocycles. The van der Waals surface area contributed by atoms with E-state index in [1.54, 1.807) is 24.4 Å². The smallest absolute Gasteiger partial charge is 0.148 e. The Balaban J connectivity index is 1.61. The first-order chi connectivity index (χ1) is 13.7. The summed E-state index contributed by atoms with van der Waals surface area (Å²) in [5, 5.41) is 9.42. The fourth-order valence-electron chi connectivity index (χ4n) is 3.81. The maximum atomic E-state index is 14.1. The second-order valence-electron chi connectivity index (χ2n) is 7.19. The Hall–Kier alpha value is -3.29. The zero-order valence-electron chi connectivity index (χ0n) is 15.5. The van der Waals surface area contributed by atoms with Gasteiger partial charge in [-0.15, -0.1) is 5.10 Å². The molecule has 7 nitrogen and oxygen atoms in total. The standard InChI is InChI=1S/C20H20FN7/c1-2-16(15-10-28(26-25-15)17-6-4-3-5-14(17)21)27-9-13(12-7-8-12)18-19(22)23-11-24-20(18)27/h3-6,9-12,16H,2,7-8H2,1H3,(H2,22,23,24). The van der Waals surface area contributed by atoms with E-state index in [1.165, 1.54) is 22.6 Å². The number of aromatic nitrogens is 6. The lowest BCUT2D eigenvalue weighted by atomic mass is 10.1. The Morgan fingerprint density at radius 2 is 2.04 bits per heavy atom. The number of hydrogen-bond donors (Lipinski definition) is 1. The van der Waals surface area contributed by atoms with Gasteiger partial charge in [0, 0.05) is 6.20 Å². The summed E-state index contributed by atoms with van der Waals surface area (Å²) in [7, 11) is 0. The van der Waals surface area contributed by atoms with Gasteiger partial charge in [0.05, 0.1) is 17.6 Å². The number of benzene rings is 1. The van der Waals surface area contributed by atoms with Crippen LogP contribution in [0.15, 0.2) is 43.0 Å². The van der Waals surface area contributed by atoms with Crippen molar-refractivity contribution in [2.75, 3.05) is 5.73 Å². The van der Waals surface area contributed by atoms with Crippen LogP contribution < -0.4 is 5.73 Å². The Bertz CT molecular complexity index is 1160. The molecule has 4 aromatic rings. The molecule has 2 N–H and O–H groups in total. The first-order valence-corrected chi connectivity index (χ1v) is 9.45. The van der Waals surface area contributed by atoms with Crippen molar-refractivity contribution in [2.45, 2.75) is 38.1 Å². The highest BCUT2D eigenvalue weighted by molar-refractivity contribution is 5.90. The van der Waals surface area contributed by atoms with E-state index in [0.29, 0.717) is 17.4 Å². The minimum Gasteiger partial charge on any atom is -0.383 e. The number of nitrogens with zero attached hydrogens (tertiary/aromatic N) is 6. The highest BCUT2D eigenvalue weighted by atomic mass is 19.1. The number of fused-ring (bicyclic) bond motifs is 1. The molecule has 1 aromatic carbocycles. The average Bonchev–Trinajstić information content (AvgIpc) is 3.31. The number of rotatable bonds is 5. The van der Waals surface area contributed by atoms with Gasteiger partial charge in [-0.2, -0.15) is 0 Å². The first-order valence-electron chi connectivity index (χ1n) is 9.45. The van der Waals surface area contributed by atoms with Gasteiger partial charge in [-0.05, 0) is 42.9 Å².